The molecule has 0 aliphatic heterocycles. The molecule has 2 rings (SSSR count). The third-order valence-electron chi connectivity index (χ3n) is 2.92. The van der Waals surface area contributed by atoms with Gasteiger partial charge < -0.3 is 15.1 Å². The second-order valence-electron chi connectivity index (χ2n) is 6.14. The van der Waals surface area contributed by atoms with Gasteiger partial charge in [-0.25, -0.2) is 14.2 Å². The SMILES string of the molecule is CC(C)(C)O/N=C(/c1ccc(F)c(Br)c1)c1nc(C(=O)O)ccc1O. The predicted molar refractivity (Wildman–Crippen MR) is 93.4 cm³/mol. The van der Waals surface area contributed by atoms with Crippen LogP contribution in [0.4, 0.5) is 4.39 Å². The number of aromatic carboxylic acids is 1. The van der Waals surface area contributed by atoms with Crippen LogP contribution in [0.5, 0.6) is 5.75 Å². The zero-order valence-electron chi connectivity index (χ0n) is 13.7. The molecule has 2 N–H and O–H groups in total. The van der Waals surface area contributed by atoms with Gasteiger partial charge in [-0.15, -0.1) is 0 Å². The van der Waals surface area contributed by atoms with Gasteiger partial charge in [0, 0.05) is 5.56 Å². The summed E-state index contributed by atoms with van der Waals surface area (Å²) in [5.74, 6) is -2.00. The van der Waals surface area contributed by atoms with E-state index in [4.69, 9.17) is 9.94 Å². The summed E-state index contributed by atoms with van der Waals surface area (Å²) < 4.78 is 13.7. The van der Waals surface area contributed by atoms with Crippen molar-refractivity contribution in [3.05, 3.63) is 57.6 Å². The summed E-state index contributed by atoms with van der Waals surface area (Å²) in [4.78, 5) is 20.5. The molecule has 0 aliphatic rings. The average Bonchev–Trinajstić information content (AvgIpc) is 2.51. The molecule has 0 radical (unpaired) electrons. The molecule has 0 saturated heterocycles. The first-order valence-electron chi connectivity index (χ1n) is 7.24. The van der Waals surface area contributed by atoms with E-state index in [1.165, 1.54) is 30.3 Å². The highest BCUT2D eigenvalue weighted by molar-refractivity contribution is 9.10. The fraction of sp³-hybridized carbons (Fsp3) is 0.235. The third-order valence-corrected chi connectivity index (χ3v) is 3.53. The number of oxime groups is 1. The van der Waals surface area contributed by atoms with Crippen molar-refractivity contribution < 1.29 is 24.2 Å². The minimum Gasteiger partial charge on any atom is -0.506 e. The minimum atomic E-state index is -1.25. The van der Waals surface area contributed by atoms with E-state index in [-0.39, 0.29) is 27.3 Å². The Bertz CT molecular complexity index is 847. The van der Waals surface area contributed by atoms with Gasteiger partial charge >= 0.3 is 5.97 Å². The van der Waals surface area contributed by atoms with Gasteiger partial charge in [0.15, 0.2) is 0 Å². The molecule has 0 fully saturated rings. The molecule has 0 unspecified atom stereocenters. The number of carbonyl (C=O) groups is 1. The van der Waals surface area contributed by atoms with E-state index in [0.717, 1.165) is 0 Å². The normalized spacial score (nSPS) is 12.1. The number of rotatable bonds is 4. The lowest BCUT2D eigenvalue weighted by molar-refractivity contribution is 0.00110. The molecular weight excluding hydrogens is 395 g/mol. The maximum atomic E-state index is 13.5. The lowest BCUT2D eigenvalue weighted by atomic mass is 10.1. The standard InChI is InChI=1S/C17H16BrFN2O4/c1-17(2,3)25-21-14(9-4-5-11(19)10(18)8-9)15-13(22)7-6-12(20-15)16(23)24/h4-8,22H,1-3H3,(H,23,24)/b21-14-. The minimum absolute atomic E-state index is 0.0798. The average molecular weight is 411 g/mol. The van der Waals surface area contributed by atoms with Gasteiger partial charge in [0.2, 0.25) is 0 Å². The van der Waals surface area contributed by atoms with Crippen molar-refractivity contribution in [3.63, 3.8) is 0 Å². The smallest absolute Gasteiger partial charge is 0.354 e. The molecule has 132 valence electrons. The molecule has 25 heavy (non-hydrogen) atoms. The van der Waals surface area contributed by atoms with Crippen molar-refractivity contribution in [2.24, 2.45) is 5.16 Å². The van der Waals surface area contributed by atoms with Gasteiger partial charge in [0.25, 0.3) is 0 Å². The number of hydrogen-bond donors (Lipinski definition) is 2. The van der Waals surface area contributed by atoms with Crippen LogP contribution in [0.3, 0.4) is 0 Å². The van der Waals surface area contributed by atoms with Crippen LogP contribution in [-0.2, 0) is 4.84 Å². The monoisotopic (exact) mass is 410 g/mol. The van der Waals surface area contributed by atoms with Crippen molar-refractivity contribution >= 4 is 27.6 Å². The van der Waals surface area contributed by atoms with Crippen molar-refractivity contribution in [2.45, 2.75) is 26.4 Å². The number of pyridine rings is 1. The van der Waals surface area contributed by atoms with E-state index in [0.29, 0.717) is 5.56 Å². The summed E-state index contributed by atoms with van der Waals surface area (Å²) in [5.41, 5.74) is -0.512. The Kier molecular flexibility index (Phi) is 5.42. The Hall–Kier alpha value is -2.48. The summed E-state index contributed by atoms with van der Waals surface area (Å²) in [7, 11) is 0. The molecule has 1 aromatic heterocycles. The van der Waals surface area contributed by atoms with Crippen LogP contribution in [0.2, 0.25) is 0 Å². The molecule has 1 heterocycles. The topological polar surface area (TPSA) is 92.0 Å². The predicted octanol–water partition coefficient (Wildman–Crippen LogP) is 3.95. The van der Waals surface area contributed by atoms with E-state index in [2.05, 4.69) is 26.1 Å². The van der Waals surface area contributed by atoms with Crippen molar-refractivity contribution in [1.29, 1.82) is 0 Å². The Balaban J connectivity index is 2.65. The summed E-state index contributed by atoms with van der Waals surface area (Å²) in [6.45, 7) is 5.32. The number of nitrogens with zero attached hydrogens (tertiary/aromatic N) is 2. The number of aromatic hydroxyl groups is 1. The maximum absolute atomic E-state index is 13.5. The molecule has 0 aliphatic carbocycles. The van der Waals surface area contributed by atoms with Crippen LogP contribution < -0.4 is 0 Å². The number of carboxylic acids is 1. The first kappa shape index (κ1) is 18.9. The molecule has 1 aromatic carbocycles. The van der Waals surface area contributed by atoms with Gasteiger partial charge in [0.1, 0.15) is 34.3 Å². The zero-order valence-corrected chi connectivity index (χ0v) is 15.3. The lowest BCUT2D eigenvalue weighted by Gasteiger charge is -2.17. The van der Waals surface area contributed by atoms with E-state index >= 15 is 0 Å². The zero-order chi connectivity index (χ0) is 18.8. The molecule has 0 bridgehead atoms. The highest BCUT2D eigenvalue weighted by Gasteiger charge is 2.20. The molecular formula is C17H16BrFN2O4. The fourth-order valence-corrected chi connectivity index (χ4v) is 2.18. The number of aromatic nitrogens is 1. The van der Waals surface area contributed by atoms with Crippen LogP contribution in [0.15, 0.2) is 40.0 Å². The first-order valence-corrected chi connectivity index (χ1v) is 8.03. The van der Waals surface area contributed by atoms with Crippen molar-refractivity contribution in [2.75, 3.05) is 0 Å². The lowest BCUT2D eigenvalue weighted by Crippen LogP contribution is -2.18. The molecule has 2 aromatic rings. The van der Waals surface area contributed by atoms with Gasteiger partial charge in [-0.3, -0.25) is 0 Å². The Morgan fingerprint density at radius 2 is 1.96 bits per heavy atom. The van der Waals surface area contributed by atoms with Crippen LogP contribution in [0, 0.1) is 5.82 Å². The summed E-state index contributed by atoms with van der Waals surface area (Å²) in [6, 6.07) is 6.46. The number of halogens is 2. The van der Waals surface area contributed by atoms with Gasteiger partial charge in [-0.1, -0.05) is 5.16 Å². The second-order valence-corrected chi connectivity index (χ2v) is 7.00. The number of benzene rings is 1. The molecule has 6 nitrogen and oxygen atoms in total. The summed E-state index contributed by atoms with van der Waals surface area (Å²) >= 11 is 3.09. The molecule has 0 atom stereocenters. The second kappa shape index (κ2) is 7.18. The van der Waals surface area contributed by atoms with Gasteiger partial charge in [0.05, 0.1) is 4.47 Å². The van der Waals surface area contributed by atoms with Crippen LogP contribution >= 0.6 is 15.9 Å². The van der Waals surface area contributed by atoms with Gasteiger partial charge in [-0.05, 0) is 67.0 Å². The molecule has 0 saturated carbocycles. The molecule has 8 heteroatoms. The van der Waals surface area contributed by atoms with E-state index in [1.807, 2.05) is 0 Å². The highest BCUT2D eigenvalue weighted by atomic mass is 79.9. The van der Waals surface area contributed by atoms with E-state index in [9.17, 15) is 14.3 Å². The highest BCUT2D eigenvalue weighted by Crippen LogP contribution is 2.24. The van der Waals surface area contributed by atoms with Crippen LogP contribution in [-0.4, -0.2) is 32.5 Å². The Labute approximate surface area is 152 Å². The summed E-state index contributed by atoms with van der Waals surface area (Å²) in [6.07, 6.45) is 0. The van der Waals surface area contributed by atoms with Crippen molar-refractivity contribution in [1.82, 2.24) is 4.98 Å². The molecule has 0 spiro atoms. The van der Waals surface area contributed by atoms with E-state index < -0.39 is 17.4 Å². The third kappa shape index (κ3) is 4.76. The largest absolute Gasteiger partial charge is 0.506 e. The Morgan fingerprint density at radius 3 is 2.52 bits per heavy atom. The van der Waals surface area contributed by atoms with Crippen LogP contribution in [0.1, 0.15) is 42.5 Å². The fourth-order valence-electron chi connectivity index (χ4n) is 1.80. The Morgan fingerprint density at radius 1 is 1.28 bits per heavy atom. The maximum Gasteiger partial charge on any atom is 0.354 e. The van der Waals surface area contributed by atoms with Gasteiger partial charge in [-0.2, -0.15) is 0 Å². The quantitative estimate of drug-likeness (QED) is 0.587. The number of hydrogen-bond acceptors (Lipinski definition) is 5. The number of carboxylic acid groups (broad SMARTS) is 1. The van der Waals surface area contributed by atoms with Crippen LogP contribution in [0.25, 0.3) is 0 Å². The molecule has 0 amide bonds. The summed E-state index contributed by atoms with van der Waals surface area (Å²) in [5, 5.41) is 23.3. The van der Waals surface area contributed by atoms with Crippen molar-refractivity contribution in [3.8, 4) is 5.75 Å². The van der Waals surface area contributed by atoms with E-state index in [1.54, 1.807) is 20.8 Å². The first-order chi connectivity index (χ1) is 11.6.